The number of H-pyrrole nitrogens is 1. The minimum atomic E-state index is -0.0985. The Morgan fingerprint density at radius 3 is 2.66 bits per heavy atom. The summed E-state index contributed by atoms with van der Waals surface area (Å²) in [5.41, 5.74) is 3.23. The molecule has 8 nitrogen and oxygen atoms in total. The molecule has 2 aromatic heterocycles. The van der Waals surface area contributed by atoms with Crippen LogP contribution in [-0.4, -0.2) is 26.1 Å². The van der Waals surface area contributed by atoms with Gasteiger partial charge in [0.2, 0.25) is 5.91 Å². The van der Waals surface area contributed by atoms with Crippen LogP contribution >= 0.6 is 11.6 Å². The summed E-state index contributed by atoms with van der Waals surface area (Å²) in [6, 6.07) is 15.0. The number of benzene rings is 2. The summed E-state index contributed by atoms with van der Waals surface area (Å²) >= 11 is 6.07. The van der Waals surface area contributed by atoms with Crippen molar-refractivity contribution < 1.29 is 4.79 Å². The lowest BCUT2D eigenvalue weighted by Gasteiger charge is -2.09. The first-order valence-electron chi connectivity index (χ1n) is 8.90. The van der Waals surface area contributed by atoms with Gasteiger partial charge in [-0.3, -0.25) is 9.89 Å². The van der Waals surface area contributed by atoms with Gasteiger partial charge in [0, 0.05) is 29.9 Å². The highest BCUT2D eigenvalue weighted by Crippen LogP contribution is 2.29. The molecular weight excluding hydrogens is 390 g/mol. The molecule has 0 spiro atoms. The first kappa shape index (κ1) is 18.7. The van der Waals surface area contributed by atoms with E-state index in [1.165, 1.54) is 13.3 Å². The van der Waals surface area contributed by atoms with Gasteiger partial charge in [-0.25, -0.2) is 9.97 Å². The van der Waals surface area contributed by atoms with Crippen LogP contribution in [0.4, 0.5) is 23.0 Å². The lowest BCUT2D eigenvalue weighted by atomic mass is 10.2. The first-order valence-corrected chi connectivity index (χ1v) is 9.28. The van der Waals surface area contributed by atoms with Crippen molar-refractivity contribution in [2.24, 2.45) is 0 Å². The Bertz CT molecular complexity index is 1160. The second-order valence-electron chi connectivity index (χ2n) is 6.39. The van der Waals surface area contributed by atoms with Crippen LogP contribution in [-0.2, 0) is 11.3 Å². The molecule has 0 aliphatic heterocycles. The molecule has 146 valence electrons. The van der Waals surface area contributed by atoms with Crippen molar-refractivity contribution in [2.75, 3.05) is 16.0 Å². The van der Waals surface area contributed by atoms with Crippen LogP contribution in [0.2, 0.25) is 5.02 Å². The average molecular weight is 408 g/mol. The third-order valence-electron chi connectivity index (χ3n) is 4.18. The molecular formula is C20H18ClN7O. The Kier molecular flexibility index (Phi) is 5.26. The molecule has 4 rings (SSSR count). The number of halogens is 1. The lowest BCUT2D eigenvalue weighted by molar-refractivity contribution is -0.114. The van der Waals surface area contributed by atoms with E-state index in [1.807, 2.05) is 48.5 Å². The molecule has 2 heterocycles. The van der Waals surface area contributed by atoms with Gasteiger partial charge in [0.15, 0.2) is 11.5 Å². The van der Waals surface area contributed by atoms with E-state index in [1.54, 1.807) is 0 Å². The van der Waals surface area contributed by atoms with E-state index >= 15 is 0 Å². The zero-order valence-corrected chi connectivity index (χ0v) is 16.3. The Morgan fingerprint density at radius 2 is 1.90 bits per heavy atom. The number of anilines is 4. The van der Waals surface area contributed by atoms with Crippen molar-refractivity contribution in [3.8, 4) is 0 Å². The van der Waals surface area contributed by atoms with E-state index in [9.17, 15) is 4.79 Å². The van der Waals surface area contributed by atoms with Gasteiger partial charge < -0.3 is 16.0 Å². The lowest BCUT2D eigenvalue weighted by Crippen LogP contribution is -2.06. The highest BCUT2D eigenvalue weighted by Gasteiger charge is 2.13. The molecule has 0 bridgehead atoms. The van der Waals surface area contributed by atoms with Crippen LogP contribution in [0, 0.1) is 0 Å². The molecule has 0 aliphatic carbocycles. The Morgan fingerprint density at radius 1 is 1.07 bits per heavy atom. The number of carbonyl (C=O) groups is 1. The average Bonchev–Trinajstić information content (AvgIpc) is 3.11. The number of aromatic nitrogens is 4. The summed E-state index contributed by atoms with van der Waals surface area (Å²) in [7, 11) is 0. The number of hydrogen-bond acceptors (Lipinski definition) is 6. The number of aromatic amines is 1. The van der Waals surface area contributed by atoms with Gasteiger partial charge in [0.25, 0.3) is 0 Å². The molecule has 2 aromatic carbocycles. The van der Waals surface area contributed by atoms with Gasteiger partial charge in [-0.15, -0.1) is 0 Å². The highest BCUT2D eigenvalue weighted by molar-refractivity contribution is 6.30. The second-order valence-corrected chi connectivity index (χ2v) is 6.82. The summed E-state index contributed by atoms with van der Waals surface area (Å²) in [5, 5.41) is 17.9. The molecule has 0 saturated carbocycles. The molecule has 0 unspecified atom stereocenters. The van der Waals surface area contributed by atoms with Crippen LogP contribution in [0.1, 0.15) is 12.5 Å². The largest absolute Gasteiger partial charge is 0.364 e. The van der Waals surface area contributed by atoms with Gasteiger partial charge in [-0.2, -0.15) is 5.10 Å². The summed E-state index contributed by atoms with van der Waals surface area (Å²) in [4.78, 5) is 19.7. The van der Waals surface area contributed by atoms with Crippen molar-refractivity contribution in [3.63, 3.8) is 0 Å². The van der Waals surface area contributed by atoms with E-state index in [2.05, 4.69) is 36.1 Å². The van der Waals surface area contributed by atoms with Crippen molar-refractivity contribution in [3.05, 3.63) is 65.4 Å². The molecule has 0 saturated heterocycles. The van der Waals surface area contributed by atoms with E-state index in [0.717, 1.165) is 22.3 Å². The predicted molar refractivity (Wildman–Crippen MR) is 114 cm³/mol. The van der Waals surface area contributed by atoms with E-state index in [-0.39, 0.29) is 5.91 Å². The number of nitrogens with zero attached hydrogens (tertiary/aromatic N) is 3. The Hall–Kier alpha value is -3.65. The maximum Gasteiger partial charge on any atom is 0.221 e. The second kappa shape index (κ2) is 8.15. The van der Waals surface area contributed by atoms with E-state index < -0.39 is 0 Å². The van der Waals surface area contributed by atoms with Crippen LogP contribution in [0.25, 0.3) is 11.0 Å². The van der Waals surface area contributed by atoms with Crippen molar-refractivity contribution in [1.29, 1.82) is 0 Å². The minimum Gasteiger partial charge on any atom is -0.364 e. The smallest absolute Gasteiger partial charge is 0.221 e. The number of rotatable bonds is 6. The Balaban J connectivity index is 1.54. The van der Waals surface area contributed by atoms with Crippen LogP contribution in [0.3, 0.4) is 0 Å². The van der Waals surface area contributed by atoms with Gasteiger partial charge >= 0.3 is 0 Å². The Labute approximate surface area is 171 Å². The van der Waals surface area contributed by atoms with Gasteiger partial charge in [0.05, 0.1) is 0 Å². The van der Waals surface area contributed by atoms with E-state index in [0.29, 0.717) is 28.9 Å². The zero-order chi connectivity index (χ0) is 20.2. The SMILES string of the molecule is CC(=O)Nc1ccc(CNc2n[nH]c3ncnc(Nc4cccc(Cl)c4)c23)cc1. The fourth-order valence-electron chi connectivity index (χ4n) is 2.88. The summed E-state index contributed by atoms with van der Waals surface area (Å²) in [5.74, 6) is 1.16. The van der Waals surface area contributed by atoms with Gasteiger partial charge in [-0.05, 0) is 35.9 Å². The molecule has 4 N–H and O–H groups in total. The van der Waals surface area contributed by atoms with Crippen molar-refractivity contribution in [1.82, 2.24) is 20.2 Å². The molecule has 1 amide bonds. The maximum atomic E-state index is 11.1. The van der Waals surface area contributed by atoms with Crippen LogP contribution in [0.15, 0.2) is 54.9 Å². The van der Waals surface area contributed by atoms with Gasteiger partial charge in [0.1, 0.15) is 17.5 Å². The van der Waals surface area contributed by atoms with E-state index in [4.69, 9.17) is 11.6 Å². The fourth-order valence-corrected chi connectivity index (χ4v) is 3.07. The summed E-state index contributed by atoms with van der Waals surface area (Å²) in [6.07, 6.45) is 1.47. The minimum absolute atomic E-state index is 0.0985. The molecule has 0 fully saturated rings. The monoisotopic (exact) mass is 407 g/mol. The standard InChI is InChI=1S/C20H18ClN7O/c1-12(29)25-15-7-5-13(6-8-15)10-22-19-17-18(23-11-24-20(17)28-27-19)26-16-4-2-3-14(21)9-16/h2-9,11H,10H2,1H3,(H,25,29)(H3,22,23,24,26,27,28). The molecule has 0 radical (unpaired) electrons. The normalized spacial score (nSPS) is 10.7. The number of amides is 1. The number of nitrogens with one attached hydrogen (secondary N) is 4. The predicted octanol–water partition coefficient (Wildman–Crippen LogP) is 4.32. The highest BCUT2D eigenvalue weighted by atomic mass is 35.5. The first-order chi connectivity index (χ1) is 14.1. The third kappa shape index (κ3) is 4.44. The van der Waals surface area contributed by atoms with Crippen LogP contribution in [0.5, 0.6) is 0 Å². The van der Waals surface area contributed by atoms with Crippen molar-refractivity contribution in [2.45, 2.75) is 13.5 Å². The molecule has 0 aliphatic rings. The number of carbonyl (C=O) groups excluding carboxylic acids is 1. The molecule has 9 heteroatoms. The topological polar surface area (TPSA) is 108 Å². The summed E-state index contributed by atoms with van der Waals surface area (Å²) < 4.78 is 0. The zero-order valence-electron chi connectivity index (χ0n) is 15.5. The fraction of sp³-hybridized carbons (Fsp3) is 0.100. The third-order valence-corrected chi connectivity index (χ3v) is 4.41. The molecule has 29 heavy (non-hydrogen) atoms. The number of fused-ring (bicyclic) bond motifs is 1. The molecule has 0 atom stereocenters. The van der Waals surface area contributed by atoms with Gasteiger partial charge in [-0.1, -0.05) is 29.8 Å². The van der Waals surface area contributed by atoms with Crippen LogP contribution < -0.4 is 16.0 Å². The van der Waals surface area contributed by atoms with Crippen molar-refractivity contribution >= 4 is 51.6 Å². The summed E-state index contributed by atoms with van der Waals surface area (Å²) in [6.45, 7) is 2.03. The maximum absolute atomic E-state index is 11.1. The number of hydrogen-bond donors (Lipinski definition) is 4. The molecule has 4 aromatic rings. The quantitative estimate of drug-likeness (QED) is 0.379.